The zero-order valence-electron chi connectivity index (χ0n) is 62.5. The van der Waals surface area contributed by atoms with Gasteiger partial charge < -0.3 is 5.53 Å². The standard InChI is InChI=1S/C34H48N2.2C27H55.Pd/c1-5-9-13-14-24-32-31(23-12-8-4)33(29-21-15-19-27(25-29)17-10-6-2)36(35)34(32)30-22-16-20-28(26-30)18-11-7-3;2*1-3-5-7-9-11-13-15-17-19-21-23-25-27-26-24-22-20-18-16-14-12-10-8-6-4-2;/h15-16,19-22,25-26H,5-14,17-18,23-24H2,1-4H3;2*1,3-27H2,2H3;. The van der Waals surface area contributed by atoms with Crippen LogP contribution in [0.15, 0.2) is 59.7 Å². The van der Waals surface area contributed by atoms with Crippen molar-refractivity contribution in [1.82, 2.24) is 0 Å². The number of rotatable bonds is 68. The van der Waals surface area contributed by atoms with Gasteiger partial charge in [0.1, 0.15) is 0 Å². The molecule has 0 unspecified atom stereocenters. The molecular formula is C88H158N2Pd. The number of hydrogen-bond acceptors (Lipinski definition) is 0. The Morgan fingerprint density at radius 2 is 0.451 bits per heavy atom. The van der Waals surface area contributed by atoms with Gasteiger partial charge in [0.15, 0.2) is 0 Å². The van der Waals surface area contributed by atoms with Gasteiger partial charge in [-0.25, -0.2) is 4.70 Å². The van der Waals surface area contributed by atoms with Crippen LogP contribution in [0, 0.1) is 0 Å². The molecule has 0 saturated carbocycles. The van der Waals surface area contributed by atoms with Gasteiger partial charge in [0.25, 0.3) is 0 Å². The van der Waals surface area contributed by atoms with Crippen LogP contribution in [-0.2, 0) is 30.8 Å². The Morgan fingerprint density at radius 3 is 0.703 bits per heavy atom. The van der Waals surface area contributed by atoms with Crippen molar-refractivity contribution in [2.45, 2.75) is 462 Å². The van der Waals surface area contributed by atoms with Gasteiger partial charge in [0, 0.05) is 22.3 Å². The fourth-order valence-electron chi connectivity index (χ4n) is 14.1. The molecule has 1 aliphatic heterocycles. The zero-order valence-corrected chi connectivity index (χ0v) is 64.1. The molecule has 91 heavy (non-hydrogen) atoms. The van der Waals surface area contributed by atoms with E-state index in [4.69, 9.17) is 0 Å². The fourth-order valence-corrected chi connectivity index (χ4v) is 16.0. The summed E-state index contributed by atoms with van der Waals surface area (Å²) in [4.78, 5) is 3.10. The van der Waals surface area contributed by atoms with E-state index in [-0.39, 0.29) is 0 Å². The van der Waals surface area contributed by atoms with Gasteiger partial charge in [0.05, 0.1) is 0 Å². The van der Waals surface area contributed by atoms with Gasteiger partial charge in [-0.15, -0.1) is 0 Å². The van der Waals surface area contributed by atoms with Crippen molar-refractivity contribution in [3.63, 3.8) is 0 Å². The van der Waals surface area contributed by atoms with Crippen LogP contribution < -0.4 is 0 Å². The van der Waals surface area contributed by atoms with Gasteiger partial charge in [-0.05, 0) is 86.8 Å². The third kappa shape index (κ3) is 48.5. The van der Waals surface area contributed by atoms with E-state index in [9.17, 15) is 5.53 Å². The van der Waals surface area contributed by atoms with Crippen LogP contribution in [0.5, 0.6) is 0 Å². The van der Waals surface area contributed by atoms with Gasteiger partial charge >= 0.3 is 169 Å². The normalized spacial score (nSPS) is 12.6. The second-order valence-corrected chi connectivity index (χ2v) is 31.3. The van der Waals surface area contributed by atoms with E-state index in [2.05, 4.69) is 90.1 Å². The number of aryl methyl sites for hydroxylation is 2. The van der Waals surface area contributed by atoms with Crippen molar-refractivity contribution in [2.24, 2.45) is 0 Å². The van der Waals surface area contributed by atoms with E-state index in [0.29, 0.717) is 0 Å². The van der Waals surface area contributed by atoms with E-state index in [1.165, 1.54) is 395 Å². The summed E-state index contributed by atoms with van der Waals surface area (Å²) in [5.74, 6) is 0. The smallest absolute Gasteiger partial charge is 0.0654 e. The zero-order chi connectivity index (χ0) is 65.2. The number of hydrogen-bond donors (Lipinski definition) is 0. The molecule has 0 aromatic heterocycles. The van der Waals surface area contributed by atoms with Gasteiger partial charge in [0.2, 0.25) is 11.4 Å². The predicted octanol–water partition coefficient (Wildman–Crippen LogP) is 32.2. The molecule has 2 nitrogen and oxygen atoms in total. The van der Waals surface area contributed by atoms with E-state index in [1.807, 2.05) is 0 Å². The molecule has 2 aromatic rings. The van der Waals surface area contributed by atoms with E-state index >= 15 is 0 Å². The van der Waals surface area contributed by atoms with Crippen LogP contribution in [0.1, 0.15) is 462 Å². The average Bonchev–Trinajstić information content (AvgIpc) is 1.63. The Morgan fingerprint density at radius 1 is 0.242 bits per heavy atom. The van der Waals surface area contributed by atoms with E-state index in [0.717, 1.165) is 79.0 Å². The maximum atomic E-state index is 11.8. The van der Waals surface area contributed by atoms with Crippen LogP contribution in [0.25, 0.3) is 16.9 Å². The Kier molecular flexibility index (Phi) is 62.6. The van der Waals surface area contributed by atoms with Gasteiger partial charge in [-0.1, -0.05) is 284 Å². The summed E-state index contributed by atoms with van der Waals surface area (Å²) >= 11 is 1.05. The summed E-state index contributed by atoms with van der Waals surface area (Å²) in [5, 5.41) is 0. The Balaban J connectivity index is 0.000000672. The minimum atomic E-state index is 1.02. The number of allylic oxidation sites excluding steroid dienone is 2. The molecule has 0 N–H and O–H groups in total. The summed E-state index contributed by atoms with van der Waals surface area (Å²) in [7, 11) is 0. The van der Waals surface area contributed by atoms with Crippen molar-refractivity contribution in [2.75, 3.05) is 0 Å². The van der Waals surface area contributed by atoms with Crippen molar-refractivity contribution < 1.29 is 22.7 Å². The number of benzene rings is 2. The number of nitrogens with zero attached hydrogens (tertiary/aromatic N) is 2. The first-order valence-electron chi connectivity index (χ1n) is 41.6. The van der Waals surface area contributed by atoms with Crippen LogP contribution in [0.2, 0.25) is 9.79 Å². The van der Waals surface area contributed by atoms with Crippen LogP contribution in [0.4, 0.5) is 0 Å². The first-order chi connectivity index (χ1) is 45.1. The van der Waals surface area contributed by atoms with Crippen molar-refractivity contribution >= 4 is 11.4 Å². The SMILES string of the molecule is CCCCCCC1=C(c2cccc(CCCC)c2)[N+](=[N-])C(c2cccc(CCCC)c2)=C1CCCC.CCCCCCCCCCCCCCCCCCCCCCCCCC[CH2][Pd][CH2]CCCCCCCCCCCCCCCCCCCCCCCCCC. The van der Waals surface area contributed by atoms with E-state index < -0.39 is 0 Å². The molecule has 530 valence electrons. The van der Waals surface area contributed by atoms with Crippen LogP contribution in [0.3, 0.4) is 0 Å². The topological polar surface area (TPSA) is 25.3 Å². The molecule has 3 heteroatoms. The van der Waals surface area contributed by atoms with Gasteiger partial charge in [-0.3, -0.25) is 0 Å². The molecule has 0 saturated heterocycles. The molecule has 0 bridgehead atoms. The molecule has 0 fully saturated rings. The maximum absolute atomic E-state index is 11.8. The third-order valence-corrected chi connectivity index (χ3v) is 22.3. The number of unbranched alkanes of at least 4 members (excludes halogenated alkanes) is 54. The minimum Gasteiger partial charge on any atom is -0.0654 e. The second-order valence-electron chi connectivity index (χ2n) is 28.9. The molecule has 0 amide bonds. The Labute approximate surface area is 580 Å². The molecule has 0 atom stereocenters. The molecule has 1 aliphatic rings. The van der Waals surface area contributed by atoms with Crippen molar-refractivity contribution in [3.05, 3.63) is 87.5 Å². The summed E-state index contributed by atoms with van der Waals surface area (Å²) < 4.78 is 1.55. The summed E-state index contributed by atoms with van der Waals surface area (Å²) in [6, 6.07) is 17.8. The fraction of sp³-hybridized carbons (Fsp3) is 0.818. The first-order valence-corrected chi connectivity index (χ1v) is 43.8. The molecule has 0 spiro atoms. The summed E-state index contributed by atoms with van der Waals surface area (Å²) in [6.07, 6.45) is 90.8. The van der Waals surface area contributed by atoms with Gasteiger partial charge in [-0.2, -0.15) is 0 Å². The molecule has 0 aliphatic carbocycles. The predicted molar refractivity (Wildman–Crippen MR) is 408 cm³/mol. The third-order valence-electron chi connectivity index (χ3n) is 20.1. The Bertz CT molecular complexity index is 1890. The molecule has 2 aromatic carbocycles. The minimum absolute atomic E-state index is 1.02. The Hall–Kier alpha value is -1.82. The monoisotopic (exact) mass is 1350 g/mol. The first kappa shape index (κ1) is 85.3. The molecule has 1 heterocycles. The molecular weight excluding hydrogens is 1190 g/mol. The summed E-state index contributed by atoms with van der Waals surface area (Å²) in [6.45, 7) is 13.7. The average molecular weight is 1350 g/mol. The van der Waals surface area contributed by atoms with Crippen LogP contribution >= 0.6 is 0 Å². The summed E-state index contributed by atoms with van der Waals surface area (Å²) in [5.41, 5.74) is 21.6. The molecule has 0 radical (unpaired) electrons. The second kappa shape index (κ2) is 66.8. The van der Waals surface area contributed by atoms with Crippen molar-refractivity contribution in [1.29, 1.82) is 0 Å². The quantitative estimate of drug-likeness (QED) is 0.0358. The van der Waals surface area contributed by atoms with Crippen molar-refractivity contribution in [3.8, 4) is 0 Å². The van der Waals surface area contributed by atoms with E-state index in [1.54, 1.807) is 14.5 Å². The molecule has 3 rings (SSSR count). The van der Waals surface area contributed by atoms with Crippen LogP contribution in [-0.4, -0.2) is 4.70 Å².